The number of benzene rings is 2. The molecule has 1 N–H and O–H groups in total. The van der Waals surface area contributed by atoms with Crippen LogP contribution in [0.25, 0.3) is 0 Å². The molecule has 0 aliphatic carbocycles. The zero-order chi connectivity index (χ0) is 13.8. The first-order valence-corrected chi connectivity index (χ1v) is 6.33. The van der Waals surface area contributed by atoms with E-state index in [2.05, 4.69) is 5.32 Å². The van der Waals surface area contributed by atoms with Crippen LogP contribution in [-0.2, 0) is 0 Å². The van der Waals surface area contributed by atoms with E-state index in [1.165, 1.54) is 12.1 Å². The van der Waals surface area contributed by atoms with Gasteiger partial charge in [-0.3, -0.25) is 0 Å². The molecule has 0 radical (unpaired) electrons. The van der Waals surface area contributed by atoms with Crippen molar-refractivity contribution < 1.29 is 9.13 Å². The van der Waals surface area contributed by atoms with E-state index in [1.807, 2.05) is 19.1 Å². The second kappa shape index (κ2) is 5.93. The van der Waals surface area contributed by atoms with Crippen molar-refractivity contribution >= 4 is 17.3 Å². The summed E-state index contributed by atoms with van der Waals surface area (Å²) in [6, 6.07) is 11.8. The summed E-state index contributed by atoms with van der Waals surface area (Å²) in [5.41, 5.74) is 1.62. The minimum atomic E-state index is -0.247. The van der Waals surface area contributed by atoms with Gasteiger partial charge in [-0.2, -0.15) is 0 Å². The molecule has 2 rings (SSSR count). The molecule has 0 spiro atoms. The highest BCUT2D eigenvalue weighted by Crippen LogP contribution is 2.30. The van der Waals surface area contributed by atoms with Gasteiger partial charge in [0, 0.05) is 12.1 Å². The van der Waals surface area contributed by atoms with Crippen LogP contribution in [0.5, 0.6) is 5.75 Å². The summed E-state index contributed by atoms with van der Waals surface area (Å²) in [5, 5.41) is 3.85. The van der Waals surface area contributed by atoms with Gasteiger partial charge < -0.3 is 10.1 Å². The predicted octanol–water partition coefficient (Wildman–Crippen LogP) is 4.66. The molecule has 1 unspecified atom stereocenters. The normalized spacial score (nSPS) is 12.0. The molecule has 1 atom stereocenters. The van der Waals surface area contributed by atoms with E-state index in [0.29, 0.717) is 5.02 Å². The summed E-state index contributed by atoms with van der Waals surface area (Å²) in [5.74, 6) is 0.473. The van der Waals surface area contributed by atoms with Gasteiger partial charge in [0.1, 0.15) is 11.6 Å². The molecule has 2 aromatic rings. The molecular weight excluding hydrogens is 265 g/mol. The standard InChI is InChI=1S/C15H15ClFNO/c1-10(11-4-3-5-12(17)8-11)18-15-9-13(19-2)6-7-14(15)16/h3-10,18H,1-2H3. The van der Waals surface area contributed by atoms with E-state index in [4.69, 9.17) is 16.3 Å². The summed E-state index contributed by atoms with van der Waals surface area (Å²) in [6.07, 6.45) is 0. The topological polar surface area (TPSA) is 21.3 Å². The lowest BCUT2D eigenvalue weighted by Crippen LogP contribution is -2.07. The summed E-state index contributed by atoms with van der Waals surface area (Å²) in [6.45, 7) is 1.95. The van der Waals surface area contributed by atoms with Crippen molar-refractivity contribution in [2.75, 3.05) is 12.4 Å². The van der Waals surface area contributed by atoms with Crippen molar-refractivity contribution in [1.29, 1.82) is 0 Å². The molecule has 0 heterocycles. The molecule has 100 valence electrons. The maximum absolute atomic E-state index is 13.2. The van der Waals surface area contributed by atoms with Gasteiger partial charge >= 0.3 is 0 Å². The van der Waals surface area contributed by atoms with E-state index in [9.17, 15) is 4.39 Å². The van der Waals surface area contributed by atoms with Crippen LogP contribution < -0.4 is 10.1 Å². The van der Waals surface area contributed by atoms with Gasteiger partial charge in [-0.25, -0.2) is 4.39 Å². The fourth-order valence-electron chi connectivity index (χ4n) is 1.83. The number of hydrogen-bond donors (Lipinski definition) is 1. The lowest BCUT2D eigenvalue weighted by molar-refractivity contribution is 0.415. The molecule has 2 aromatic carbocycles. The molecular formula is C15H15ClFNO. The number of rotatable bonds is 4. The van der Waals surface area contributed by atoms with Crippen molar-refractivity contribution in [2.45, 2.75) is 13.0 Å². The van der Waals surface area contributed by atoms with E-state index in [0.717, 1.165) is 17.0 Å². The molecule has 0 bridgehead atoms. The van der Waals surface area contributed by atoms with Crippen molar-refractivity contribution in [1.82, 2.24) is 0 Å². The Kier molecular flexibility index (Phi) is 4.27. The Morgan fingerprint density at radius 1 is 1.21 bits per heavy atom. The fraction of sp³-hybridized carbons (Fsp3) is 0.200. The average molecular weight is 280 g/mol. The Bertz CT molecular complexity index is 574. The molecule has 0 amide bonds. The highest BCUT2D eigenvalue weighted by Gasteiger charge is 2.09. The Morgan fingerprint density at radius 3 is 2.68 bits per heavy atom. The molecule has 0 aliphatic rings. The molecule has 0 fully saturated rings. The largest absolute Gasteiger partial charge is 0.497 e. The first kappa shape index (κ1) is 13.7. The first-order valence-electron chi connectivity index (χ1n) is 5.95. The number of halogens is 2. The van der Waals surface area contributed by atoms with Gasteiger partial charge in [-0.05, 0) is 36.8 Å². The SMILES string of the molecule is COc1ccc(Cl)c(NC(C)c2cccc(F)c2)c1. The zero-order valence-electron chi connectivity index (χ0n) is 10.8. The van der Waals surface area contributed by atoms with Crippen molar-refractivity contribution in [3.63, 3.8) is 0 Å². The lowest BCUT2D eigenvalue weighted by atomic mass is 10.1. The predicted molar refractivity (Wildman–Crippen MR) is 76.4 cm³/mol. The third kappa shape index (κ3) is 3.38. The number of ether oxygens (including phenoxy) is 1. The van der Waals surface area contributed by atoms with Crippen LogP contribution in [0, 0.1) is 5.82 Å². The highest BCUT2D eigenvalue weighted by molar-refractivity contribution is 6.33. The zero-order valence-corrected chi connectivity index (χ0v) is 11.5. The molecule has 0 saturated carbocycles. The number of nitrogens with one attached hydrogen (secondary N) is 1. The first-order chi connectivity index (χ1) is 9.10. The van der Waals surface area contributed by atoms with E-state index < -0.39 is 0 Å². The summed E-state index contributed by atoms with van der Waals surface area (Å²) >= 11 is 6.12. The van der Waals surface area contributed by atoms with Gasteiger partial charge in [0.25, 0.3) is 0 Å². The van der Waals surface area contributed by atoms with Crippen LogP contribution in [0.1, 0.15) is 18.5 Å². The van der Waals surface area contributed by atoms with Crippen molar-refractivity contribution in [3.8, 4) is 5.75 Å². The van der Waals surface area contributed by atoms with Crippen molar-refractivity contribution in [2.24, 2.45) is 0 Å². The highest BCUT2D eigenvalue weighted by atomic mass is 35.5. The second-order valence-corrected chi connectivity index (χ2v) is 4.67. The molecule has 0 saturated heterocycles. The number of anilines is 1. The Balaban J connectivity index is 2.21. The van der Waals surface area contributed by atoms with Gasteiger partial charge in [0.05, 0.1) is 17.8 Å². The Labute approximate surface area is 117 Å². The minimum Gasteiger partial charge on any atom is -0.497 e. The number of methoxy groups -OCH3 is 1. The van der Waals surface area contributed by atoms with Crippen LogP contribution in [-0.4, -0.2) is 7.11 Å². The third-order valence-corrected chi connectivity index (χ3v) is 3.22. The van der Waals surface area contributed by atoms with Crippen LogP contribution in [0.3, 0.4) is 0 Å². The van der Waals surface area contributed by atoms with E-state index >= 15 is 0 Å². The monoisotopic (exact) mass is 279 g/mol. The quantitative estimate of drug-likeness (QED) is 0.879. The third-order valence-electron chi connectivity index (χ3n) is 2.89. The Hall–Kier alpha value is -1.74. The average Bonchev–Trinajstić information content (AvgIpc) is 2.41. The fourth-order valence-corrected chi connectivity index (χ4v) is 2.01. The molecule has 4 heteroatoms. The molecule has 19 heavy (non-hydrogen) atoms. The van der Waals surface area contributed by atoms with E-state index in [-0.39, 0.29) is 11.9 Å². The molecule has 2 nitrogen and oxygen atoms in total. The lowest BCUT2D eigenvalue weighted by Gasteiger charge is -2.17. The summed E-state index contributed by atoms with van der Waals surface area (Å²) in [7, 11) is 1.60. The maximum atomic E-state index is 13.2. The second-order valence-electron chi connectivity index (χ2n) is 4.27. The summed E-state index contributed by atoms with van der Waals surface area (Å²) in [4.78, 5) is 0. The van der Waals surface area contributed by atoms with Gasteiger partial charge in [-0.15, -0.1) is 0 Å². The van der Waals surface area contributed by atoms with Crippen LogP contribution in [0.4, 0.5) is 10.1 Å². The maximum Gasteiger partial charge on any atom is 0.123 e. The van der Waals surface area contributed by atoms with Gasteiger partial charge in [0.2, 0.25) is 0 Å². The van der Waals surface area contributed by atoms with E-state index in [1.54, 1.807) is 25.3 Å². The molecule has 0 aliphatic heterocycles. The number of hydrogen-bond acceptors (Lipinski definition) is 2. The van der Waals surface area contributed by atoms with Gasteiger partial charge in [0.15, 0.2) is 0 Å². The van der Waals surface area contributed by atoms with Crippen LogP contribution in [0.2, 0.25) is 5.02 Å². The van der Waals surface area contributed by atoms with Gasteiger partial charge in [-0.1, -0.05) is 23.7 Å². The van der Waals surface area contributed by atoms with Crippen LogP contribution >= 0.6 is 11.6 Å². The molecule has 0 aromatic heterocycles. The van der Waals surface area contributed by atoms with Crippen LogP contribution in [0.15, 0.2) is 42.5 Å². The Morgan fingerprint density at radius 2 is 2.00 bits per heavy atom. The summed E-state index contributed by atoms with van der Waals surface area (Å²) < 4.78 is 18.3. The van der Waals surface area contributed by atoms with Crippen molar-refractivity contribution in [3.05, 3.63) is 58.9 Å². The smallest absolute Gasteiger partial charge is 0.123 e. The minimum absolute atomic E-state index is 0.0553.